The van der Waals surface area contributed by atoms with Crippen molar-refractivity contribution in [2.75, 3.05) is 13.7 Å². The summed E-state index contributed by atoms with van der Waals surface area (Å²) in [6, 6.07) is 7.36. The summed E-state index contributed by atoms with van der Waals surface area (Å²) in [7, 11) is 1.61. The Balaban J connectivity index is 2.27. The summed E-state index contributed by atoms with van der Waals surface area (Å²) in [6.45, 7) is 2.53. The third kappa shape index (κ3) is 2.98. The van der Waals surface area contributed by atoms with Crippen molar-refractivity contribution in [2.24, 2.45) is 0 Å². The first-order chi connectivity index (χ1) is 9.22. The quantitative estimate of drug-likeness (QED) is 0.760. The van der Waals surface area contributed by atoms with E-state index in [1.54, 1.807) is 13.2 Å². The van der Waals surface area contributed by atoms with Crippen LogP contribution >= 0.6 is 0 Å². The second-order valence-corrected chi connectivity index (χ2v) is 5.05. The monoisotopic (exact) mass is 262 g/mol. The van der Waals surface area contributed by atoms with Crippen LogP contribution in [-0.2, 0) is 4.74 Å². The number of ether oxygens (including phenoxy) is 2. The van der Waals surface area contributed by atoms with Gasteiger partial charge in [0.2, 0.25) is 0 Å². The number of carbonyl (C=O) groups is 1. The molecule has 0 saturated heterocycles. The number of benzene rings is 1. The molecular weight excluding hydrogens is 240 g/mol. The molecule has 0 aliphatic heterocycles. The Bertz CT molecular complexity index is 428. The zero-order valence-electron chi connectivity index (χ0n) is 11.8. The van der Waals surface area contributed by atoms with E-state index in [2.05, 4.69) is 0 Å². The summed E-state index contributed by atoms with van der Waals surface area (Å²) < 4.78 is 11.1. The largest absolute Gasteiger partial charge is 0.497 e. The molecule has 0 unspecified atom stereocenters. The van der Waals surface area contributed by atoms with Crippen LogP contribution < -0.4 is 4.74 Å². The van der Waals surface area contributed by atoms with E-state index in [0.29, 0.717) is 17.9 Å². The predicted octanol–water partition coefficient (Wildman–Crippen LogP) is 3.62. The van der Waals surface area contributed by atoms with E-state index in [4.69, 9.17) is 9.47 Å². The molecule has 0 bridgehead atoms. The molecule has 0 aromatic heterocycles. The predicted molar refractivity (Wildman–Crippen MR) is 74.8 cm³/mol. The molecule has 1 aliphatic carbocycles. The summed E-state index contributed by atoms with van der Waals surface area (Å²) >= 11 is 0. The van der Waals surface area contributed by atoms with E-state index in [0.717, 1.165) is 25.7 Å². The van der Waals surface area contributed by atoms with Gasteiger partial charge >= 0.3 is 0 Å². The van der Waals surface area contributed by atoms with E-state index in [1.807, 2.05) is 25.1 Å². The number of methoxy groups -OCH3 is 1. The molecular formula is C16H22O3. The van der Waals surface area contributed by atoms with Crippen LogP contribution in [0.5, 0.6) is 5.75 Å². The van der Waals surface area contributed by atoms with Crippen LogP contribution in [0.3, 0.4) is 0 Å². The summed E-state index contributed by atoms with van der Waals surface area (Å²) in [4.78, 5) is 12.8. The van der Waals surface area contributed by atoms with E-state index in [9.17, 15) is 4.79 Å². The maximum atomic E-state index is 12.8. The lowest BCUT2D eigenvalue weighted by molar-refractivity contribution is -0.0411. The van der Waals surface area contributed by atoms with E-state index in [1.165, 1.54) is 6.42 Å². The van der Waals surface area contributed by atoms with Gasteiger partial charge in [-0.15, -0.1) is 0 Å². The minimum absolute atomic E-state index is 0.105. The van der Waals surface area contributed by atoms with Gasteiger partial charge in [-0.1, -0.05) is 31.4 Å². The maximum absolute atomic E-state index is 12.8. The first kappa shape index (κ1) is 14.1. The van der Waals surface area contributed by atoms with Crippen LogP contribution in [0.1, 0.15) is 49.4 Å². The minimum atomic E-state index is -0.612. The molecule has 2 rings (SSSR count). The molecule has 0 amide bonds. The second kappa shape index (κ2) is 6.20. The number of Topliss-reactive ketones (excluding diaryl/α,β-unsaturated/α-hetero) is 1. The lowest BCUT2D eigenvalue weighted by Gasteiger charge is -2.35. The van der Waals surface area contributed by atoms with Crippen molar-refractivity contribution in [2.45, 2.75) is 44.6 Å². The lowest BCUT2D eigenvalue weighted by Crippen LogP contribution is -2.43. The van der Waals surface area contributed by atoms with Gasteiger partial charge in [-0.05, 0) is 31.9 Å². The van der Waals surface area contributed by atoms with Crippen LogP contribution in [0.15, 0.2) is 24.3 Å². The summed E-state index contributed by atoms with van der Waals surface area (Å²) in [5.41, 5.74) is 0.0778. The van der Waals surface area contributed by atoms with Gasteiger partial charge < -0.3 is 9.47 Å². The second-order valence-electron chi connectivity index (χ2n) is 5.05. The van der Waals surface area contributed by atoms with Gasteiger partial charge in [-0.2, -0.15) is 0 Å². The third-order valence-electron chi connectivity index (χ3n) is 3.83. The Morgan fingerprint density at radius 1 is 1.26 bits per heavy atom. The standard InChI is InChI=1S/C16H22O3/c1-3-19-16(10-5-4-6-11-16)15(17)13-8-7-9-14(12-13)18-2/h7-9,12H,3-6,10-11H2,1-2H3. The van der Waals surface area contributed by atoms with E-state index >= 15 is 0 Å². The van der Waals surface area contributed by atoms with Crippen molar-refractivity contribution in [1.82, 2.24) is 0 Å². The van der Waals surface area contributed by atoms with Crippen LogP contribution in [0.25, 0.3) is 0 Å². The van der Waals surface area contributed by atoms with Crippen LogP contribution in [0, 0.1) is 0 Å². The summed E-state index contributed by atoms with van der Waals surface area (Å²) in [5, 5.41) is 0. The number of hydrogen-bond acceptors (Lipinski definition) is 3. The fourth-order valence-corrected chi connectivity index (χ4v) is 2.86. The lowest BCUT2D eigenvalue weighted by atomic mass is 9.79. The topological polar surface area (TPSA) is 35.5 Å². The highest BCUT2D eigenvalue weighted by atomic mass is 16.5. The number of hydrogen-bond donors (Lipinski definition) is 0. The molecule has 0 atom stereocenters. The summed E-state index contributed by atoms with van der Waals surface area (Å²) in [5.74, 6) is 0.821. The Hall–Kier alpha value is -1.35. The third-order valence-corrected chi connectivity index (χ3v) is 3.83. The van der Waals surface area contributed by atoms with Crippen LogP contribution in [0.4, 0.5) is 0 Å². The normalized spacial score (nSPS) is 18.0. The Kier molecular flexibility index (Phi) is 4.59. The van der Waals surface area contributed by atoms with Gasteiger partial charge in [0, 0.05) is 12.2 Å². The van der Waals surface area contributed by atoms with Gasteiger partial charge in [0.1, 0.15) is 11.4 Å². The van der Waals surface area contributed by atoms with Gasteiger partial charge in [-0.3, -0.25) is 4.79 Å². The Morgan fingerprint density at radius 3 is 2.63 bits per heavy atom. The summed E-state index contributed by atoms with van der Waals surface area (Å²) in [6.07, 6.45) is 4.99. The van der Waals surface area contributed by atoms with E-state index in [-0.39, 0.29) is 5.78 Å². The molecule has 1 aromatic rings. The highest BCUT2D eigenvalue weighted by molar-refractivity contribution is 6.02. The van der Waals surface area contributed by atoms with Crippen LogP contribution in [-0.4, -0.2) is 25.1 Å². The fourth-order valence-electron chi connectivity index (χ4n) is 2.86. The van der Waals surface area contributed by atoms with Crippen molar-refractivity contribution >= 4 is 5.78 Å². The number of rotatable bonds is 5. The molecule has 104 valence electrons. The van der Waals surface area contributed by atoms with Crippen molar-refractivity contribution in [1.29, 1.82) is 0 Å². The van der Waals surface area contributed by atoms with Gasteiger partial charge in [-0.25, -0.2) is 0 Å². The molecule has 1 aliphatic rings. The van der Waals surface area contributed by atoms with Crippen molar-refractivity contribution < 1.29 is 14.3 Å². The molecule has 0 radical (unpaired) electrons. The van der Waals surface area contributed by atoms with Crippen molar-refractivity contribution in [3.05, 3.63) is 29.8 Å². The highest BCUT2D eigenvalue weighted by Crippen LogP contribution is 2.35. The molecule has 19 heavy (non-hydrogen) atoms. The highest BCUT2D eigenvalue weighted by Gasteiger charge is 2.40. The average Bonchev–Trinajstić information content (AvgIpc) is 2.48. The number of carbonyl (C=O) groups excluding carboxylic acids is 1. The molecule has 1 saturated carbocycles. The molecule has 0 heterocycles. The molecule has 1 aromatic carbocycles. The maximum Gasteiger partial charge on any atom is 0.194 e. The van der Waals surface area contributed by atoms with Crippen molar-refractivity contribution in [3.8, 4) is 5.75 Å². The van der Waals surface area contributed by atoms with Crippen molar-refractivity contribution in [3.63, 3.8) is 0 Å². The minimum Gasteiger partial charge on any atom is -0.497 e. The fraction of sp³-hybridized carbons (Fsp3) is 0.562. The first-order valence-electron chi connectivity index (χ1n) is 7.04. The van der Waals surface area contributed by atoms with Gasteiger partial charge in [0.25, 0.3) is 0 Å². The zero-order chi connectivity index (χ0) is 13.7. The smallest absolute Gasteiger partial charge is 0.194 e. The average molecular weight is 262 g/mol. The molecule has 0 spiro atoms. The van der Waals surface area contributed by atoms with Gasteiger partial charge in [0.15, 0.2) is 5.78 Å². The first-order valence-corrected chi connectivity index (χ1v) is 7.04. The molecule has 3 heteroatoms. The Labute approximate surface area is 114 Å². The zero-order valence-corrected chi connectivity index (χ0v) is 11.8. The Morgan fingerprint density at radius 2 is 2.00 bits per heavy atom. The van der Waals surface area contributed by atoms with E-state index < -0.39 is 5.60 Å². The molecule has 1 fully saturated rings. The molecule has 3 nitrogen and oxygen atoms in total. The van der Waals surface area contributed by atoms with Crippen LogP contribution in [0.2, 0.25) is 0 Å². The number of ketones is 1. The molecule has 0 N–H and O–H groups in total. The SMILES string of the molecule is CCOC1(C(=O)c2cccc(OC)c2)CCCCC1. The van der Waals surface area contributed by atoms with Gasteiger partial charge in [0.05, 0.1) is 7.11 Å².